The molecule has 0 bridgehead atoms. The molecule has 1 aromatic heterocycles. The molecule has 1 amide bonds. The van der Waals surface area contributed by atoms with Gasteiger partial charge in [-0.3, -0.25) is 4.79 Å². The first-order chi connectivity index (χ1) is 13.5. The lowest BCUT2D eigenvalue weighted by atomic mass is 9.97. The number of rotatable bonds is 4. The van der Waals surface area contributed by atoms with Gasteiger partial charge in [-0.25, -0.2) is 13.2 Å². The quantitative estimate of drug-likeness (QED) is 0.574. The van der Waals surface area contributed by atoms with Gasteiger partial charge >= 0.3 is 6.18 Å². The van der Waals surface area contributed by atoms with Gasteiger partial charge in [0.25, 0.3) is 0 Å². The summed E-state index contributed by atoms with van der Waals surface area (Å²) in [6.07, 6.45) is -5.05. The minimum absolute atomic E-state index is 0.0403. The van der Waals surface area contributed by atoms with E-state index in [-0.39, 0.29) is 31.9 Å². The summed E-state index contributed by atoms with van der Waals surface area (Å²) in [5, 5.41) is 6.58. The number of carbonyl (C=O) groups is 1. The highest BCUT2D eigenvalue weighted by Crippen LogP contribution is 2.29. The Morgan fingerprint density at radius 2 is 1.72 bits per heavy atom. The molecule has 4 N–H and O–H groups in total. The van der Waals surface area contributed by atoms with E-state index in [9.17, 15) is 31.1 Å². The number of halogens is 6. The largest absolute Gasteiger partial charge is 0.451 e. The van der Waals surface area contributed by atoms with Gasteiger partial charge in [-0.15, -0.1) is 10.2 Å². The first-order valence-electron chi connectivity index (χ1n) is 8.41. The molecule has 158 valence electrons. The Labute approximate surface area is 160 Å². The number of carbonyl (C=O) groups excluding carboxylic acids is 1. The van der Waals surface area contributed by atoms with E-state index in [1.165, 1.54) is 4.90 Å². The maximum absolute atomic E-state index is 13.8. The molecule has 29 heavy (non-hydrogen) atoms. The molecule has 7 nitrogen and oxygen atoms in total. The molecule has 1 aromatic carbocycles. The molecule has 0 spiro atoms. The van der Waals surface area contributed by atoms with Crippen molar-refractivity contribution in [3.63, 3.8) is 0 Å². The van der Waals surface area contributed by atoms with Crippen molar-refractivity contribution in [1.29, 1.82) is 0 Å². The Bertz CT molecular complexity index is 929. The molecule has 13 heteroatoms. The summed E-state index contributed by atoms with van der Waals surface area (Å²) >= 11 is 0. The van der Waals surface area contributed by atoms with E-state index in [4.69, 9.17) is 11.5 Å². The summed E-state index contributed by atoms with van der Waals surface area (Å²) in [6.45, 7) is -0.431. The highest BCUT2D eigenvalue weighted by atomic mass is 19.4. The Morgan fingerprint density at radius 1 is 1.07 bits per heavy atom. The summed E-state index contributed by atoms with van der Waals surface area (Å²) in [6, 6.07) is -1.55. The van der Waals surface area contributed by atoms with Crippen LogP contribution < -0.4 is 11.5 Å². The van der Waals surface area contributed by atoms with Crippen LogP contribution >= 0.6 is 0 Å². The predicted molar refractivity (Wildman–Crippen MR) is 86.3 cm³/mol. The number of nitrogens with two attached hydrogens (primary N) is 2. The topological polar surface area (TPSA) is 103 Å². The second-order valence-corrected chi connectivity index (χ2v) is 6.59. The number of nitrogens with zero attached hydrogens (tertiary/aromatic N) is 4. The smallest absolute Gasteiger partial charge is 0.333 e. The molecule has 2 aromatic rings. The van der Waals surface area contributed by atoms with Crippen LogP contribution in [0.15, 0.2) is 12.1 Å². The average Bonchev–Trinajstić information content (AvgIpc) is 3.07. The molecule has 0 fully saturated rings. The number of fused-ring (bicyclic) bond motifs is 1. The number of aromatic nitrogens is 3. The van der Waals surface area contributed by atoms with Gasteiger partial charge in [0.1, 0.15) is 5.82 Å². The van der Waals surface area contributed by atoms with Crippen LogP contribution in [-0.2, 0) is 24.1 Å². The van der Waals surface area contributed by atoms with Crippen LogP contribution in [0, 0.1) is 17.5 Å². The summed E-state index contributed by atoms with van der Waals surface area (Å²) in [5.74, 6) is -5.55. The Kier molecular flexibility index (Phi) is 5.54. The molecule has 2 unspecified atom stereocenters. The fraction of sp³-hybridized carbons (Fsp3) is 0.438. The molecule has 2 atom stereocenters. The highest BCUT2D eigenvalue weighted by Gasteiger charge is 2.40. The molecule has 2 heterocycles. The third kappa shape index (κ3) is 4.19. The van der Waals surface area contributed by atoms with Crippen LogP contribution in [0.1, 0.15) is 29.7 Å². The van der Waals surface area contributed by atoms with Crippen LogP contribution in [0.2, 0.25) is 0 Å². The monoisotopic (exact) mass is 422 g/mol. The first kappa shape index (κ1) is 21.0. The van der Waals surface area contributed by atoms with E-state index < -0.39 is 53.0 Å². The Hall–Kier alpha value is -2.67. The second kappa shape index (κ2) is 7.63. The van der Waals surface area contributed by atoms with Gasteiger partial charge in [-0.05, 0) is 6.07 Å². The summed E-state index contributed by atoms with van der Waals surface area (Å²) in [7, 11) is 0. The van der Waals surface area contributed by atoms with E-state index in [0.29, 0.717) is 12.1 Å². The van der Waals surface area contributed by atoms with Gasteiger partial charge in [-0.1, -0.05) is 0 Å². The first-order valence-corrected chi connectivity index (χ1v) is 8.41. The second-order valence-electron chi connectivity index (χ2n) is 6.59. The fourth-order valence-electron chi connectivity index (χ4n) is 3.06. The minimum Gasteiger partial charge on any atom is -0.333 e. The third-order valence-electron chi connectivity index (χ3n) is 4.63. The van der Waals surface area contributed by atoms with Crippen LogP contribution in [0.5, 0.6) is 0 Å². The van der Waals surface area contributed by atoms with Gasteiger partial charge in [0, 0.05) is 43.2 Å². The summed E-state index contributed by atoms with van der Waals surface area (Å²) < 4.78 is 79.7. The zero-order valence-corrected chi connectivity index (χ0v) is 14.8. The number of alkyl halides is 3. The fourth-order valence-corrected chi connectivity index (χ4v) is 3.06. The van der Waals surface area contributed by atoms with Gasteiger partial charge in [0.15, 0.2) is 17.5 Å². The van der Waals surface area contributed by atoms with Crippen molar-refractivity contribution >= 4 is 5.91 Å². The minimum atomic E-state index is -4.67. The predicted octanol–water partition coefficient (Wildman–Crippen LogP) is 1.47. The van der Waals surface area contributed by atoms with Gasteiger partial charge in [-0.2, -0.15) is 13.2 Å². The van der Waals surface area contributed by atoms with Crippen LogP contribution in [-0.4, -0.2) is 38.2 Å². The molecule has 0 saturated carbocycles. The average molecular weight is 422 g/mol. The zero-order valence-electron chi connectivity index (χ0n) is 14.8. The van der Waals surface area contributed by atoms with Gasteiger partial charge in [0.2, 0.25) is 11.7 Å². The molecule has 1 aliphatic heterocycles. The van der Waals surface area contributed by atoms with Crippen molar-refractivity contribution in [2.75, 3.05) is 6.54 Å². The number of benzene rings is 1. The normalized spacial score (nSPS) is 16.5. The van der Waals surface area contributed by atoms with E-state index >= 15 is 0 Å². The van der Waals surface area contributed by atoms with Crippen LogP contribution in [0.25, 0.3) is 0 Å². The van der Waals surface area contributed by atoms with Crippen molar-refractivity contribution in [1.82, 2.24) is 19.7 Å². The lowest BCUT2D eigenvalue weighted by molar-refractivity contribution is -0.148. The lowest BCUT2D eigenvalue weighted by Gasteiger charge is -2.30. The zero-order chi connectivity index (χ0) is 21.5. The van der Waals surface area contributed by atoms with E-state index in [1.54, 1.807) is 0 Å². The molecule has 0 radical (unpaired) electrons. The molecule has 3 rings (SSSR count). The van der Waals surface area contributed by atoms with E-state index in [1.807, 2.05) is 0 Å². The Morgan fingerprint density at radius 3 is 2.38 bits per heavy atom. The molecule has 0 aliphatic carbocycles. The Balaban J connectivity index is 1.68. The lowest BCUT2D eigenvalue weighted by Crippen LogP contribution is -2.44. The van der Waals surface area contributed by atoms with Crippen molar-refractivity contribution < 1.29 is 31.1 Å². The van der Waals surface area contributed by atoms with Crippen molar-refractivity contribution in [3.8, 4) is 0 Å². The number of amides is 1. The summed E-state index contributed by atoms with van der Waals surface area (Å²) in [4.78, 5) is 13.7. The third-order valence-corrected chi connectivity index (χ3v) is 4.63. The molecular weight excluding hydrogens is 406 g/mol. The standard InChI is InChI=1S/C16H16F6N6O/c17-8-4-10(19)9(18)3-7(8)14(24)11(23)5-13(29)27-1-2-28-12(6-27)25-26-15(28)16(20,21)22/h3-4,11,14H,1-2,5-6,23-24H2. The van der Waals surface area contributed by atoms with Crippen LogP contribution in [0.4, 0.5) is 26.3 Å². The number of hydrogen-bond acceptors (Lipinski definition) is 5. The summed E-state index contributed by atoms with van der Waals surface area (Å²) in [5.41, 5.74) is 11.2. The maximum Gasteiger partial charge on any atom is 0.451 e. The van der Waals surface area contributed by atoms with Crippen molar-refractivity contribution in [2.45, 2.75) is 37.8 Å². The molecule has 1 aliphatic rings. The van der Waals surface area contributed by atoms with Gasteiger partial charge in [0.05, 0.1) is 6.54 Å². The number of hydrogen-bond donors (Lipinski definition) is 2. The molecular formula is C16H16F6N6O. The SMILES string of the molecule is NC(CC(=O)N1CCn2c(nnc2C(F)(F)F)C1)C(N)c1cc(F)c(F)cc1F. The van der Waals surface area contributed by atoms with Crippen LogP contribution in [0.3, 0.4) is 0 Å². The van der Waals surface area contributed by atoms with Gasteiger partial charge < -0.3 is 20.9 Å². The van der Waals surface area contributed by atoms with Crippen molar-refractivity contribution in [2.24, 2.45) is 11.5 Å². The maximum atomic E-state index is 13.8. The highest BCUT2D eigenvalue weighted by molar-refractivity contribution is 5.77. The molecule has 0 saturated heterocycles. The van der Waals surface area contributed by atoms with Crippen molar-refractivity contribution in [3.05, 3.63) is 46.8 Å². The van der Waals surface area contributed by atoms with E-state index in [0.717, 1.165) is 4.57 Å². The van der Waals surface area contributed by atoms with E-state index in [2.05, 4.69) is 10.2 Å².